The topological polar surface area (TPSA) is 58.1 Å². The molecule has 5 nitrogen and oxygen atoms in total. The van der Waals surface area contributed by atoms with Crippen LogP contribution < -0.4 is 10.2 Å². The highest BCUT2D eigenvalue weighted by Crippen LogP contribution is 2.23. The summed E-state index contributed by atoms with van der Waals surface area (Å²) < 4.78 is 0. The highest BCUT2D eigenvalue weighted by molar-refractivity contribution is 6.30. The number of carbonyl (C=O) groups excluding carboxylic acids is 1. The maximum Gasteiger partial charge on any atom is 0.270 e. The van der Waals surface area contributed by atoms with Gasteiger partial charge in [-0.2, -0.15) is 0 Å². The van der Waals surface area contributed by atoms with Crippen molar-refractivity contribution in [3.8, 4) is 11.4 Å². The third-order valence-electron chi connectivity index (χ3n) is 4.77. The second-order valence-electron chi connectivity index (χ2n) is 6.80. The second kappa shape index (κ2) is 8.40. The Morgan fingerprint density at radius 1 is 1.00 bits per heavy atom. The number of hydrogen-bond donors (Lipinski definition) is 1. The SMILES string of the molecule is O=C(NCc1ccc(Cl)cc1)c1cc(N2CCCC2)nc(-c2ccccc2)n1. The summed E-state index contributed by atoms with van der Waals surface area (Å²) in [5.41, 5.74) is 2.26. The molecule has 1 amide bonds. The number of amides is 1. The van der Waals surface area contributed by atoms with E-state index < -0.39 is 0 Å². The molecule has 1 fully saturated rings. The van der Waals surface area contributed by atoms with Crippen LogP contribution in [-0.4, -0.2) is 29.0 Å². The monoisotopic (exact) mass is 392 g/mol. The van der Waals surface area contributed by atoms with Gasteiger partial charge >= 0.3 is 0 Å². The first kappa shape index (κ1) is 18.4. The molecule has 6 heteroatoms. The van der Waals surface area contributed by atoms with Crippen molar-refractivity contribution in [3.05, 3.63) is 76.9 Å². The average molecular weight is 393 g/mol. The van der Waals surface area contributed by atoms with Gasteiger partial charge in [0.2, 0.25) is 0 Å². The van der Waals surface area contributed by atoms with E-state index >= 15 is 0 Å². The highest BCUT2D eigenvalue weighted by Gasteiger charge is 2.19. The molecular formula is C22H21ClN4O. The van der Waals surface area contributed by atoms with Crippen LogP contribution in [0.15, 0.2) is 60.7 Å². The number of benzene rings is 2. The maximum absolute atomic E-state index is 12.8. The Bertz CT molecular complexity index is 954. The normalized spacial score (nSPS) is 13.5. The van der Waals surface area contributed by atoms with Gasteiger partial charge in [-0.3, -0.25) is 4.79 Å². The molecule has 1 saturated heterocycles. The van der Waals surface area contributed by atoms with E-state index in [9.17, 15) is 4.79 Å². The van der Waals surface area contributed by atoms with Crippen LogP contribution in [0, 0.1) is 0 Å². The van der Waals surface area contributed by atoms with Crippen molar-refractivity contribution in [2.45, 2.75) is 19.4 Å². The summed E-state index contributed by atoms with van der Waals surface area (Å²) in [6.07, 6.45) is 2.28. The molecule has 0 unspecified atom stereocenters. The first-order chi connectivity index (χ1) is 13.7. The Kier molecular flexibility index (Phi) is 5.53. The number of carbonyl (C=O) groups is 1. The average Bonchev–Trinajstić information content (AvgIpc) is 3.28. The van der Waals surface area contributed by atoms with E-state index in [0.717, 1.165) is 42.9 Å². The second-order valence-corrected chi connectivity index (χ2v) is 7.24. The Balaban J connectivity index is 1.60. The van der Waals surface area contributed by atoms with E-state index in [1.807, 2.05) is 54.6 Å². The fourth-order valence-corrected chi connectivity index (χ4v) is 3.38. The van der Waals surface area contributed by atoms with E-state index in [0.29, 0.717) is 23.1 Å². The molecule has 0 aliphatic carbocycles. The van der Waals surface area contributed by atoms with Crippen molar-refractivity contribution in [1.82, 2.24) is 15.3 Å². The quantitative estimate of drug-likeness (QED) is 0.702. The van der Waals surface area contributed by atoms with E-state index in [1.165, 1.54) is 0 Å². The number of hydrogen-bond acceptors (Lipinski definition) is 4. The van der Waals surface area contributed by atoms with Gasteiger partial charge in [-0.15, -0.1) is 0 Å². The van der Waals surface area contributed by atoms with Gasteiger partial charge in [-0.05, 0) is 30.5 Å². The van der Waals surface area contributed by atoms with Crippen LogP contribution in [0.25, 0.3) is 11.4 Å². The fourth-order valence-electron chi connectivity index (χ4n) is 3.25. The molecule has 0 bridgehead atoms. The summed E-state index contributed by atoms with van der Waals surface area (Å²) in [5.74, 6) is 1.17. The summed E-state index contributed by atoms with van der Waals surface area (Å²) >= 11 is 5.92. The first-order valence-electron chi connectivity index (χ1n) is 9.41. The third-order valence-corrected chi connectivity index (χ3v) is 5.03. The van der Waals surface area contributed by atoms with Crippen molar-refractivity contribution < 1.29 is 4.79 Å². The van der Waals surface area contributed by atoms with Crippen molar-refractivity contribution in [1.29, 1.82) is 0 Å². The zero-order valence-electron chi connectivity index (χ0n) is 15.4. The lowest BCUT2D eigenvalue weighted by molar-refractivity contribution is 0.0946. The Morgan fingerprint density at radius 2 is 1.71 bits per heavy atom. The van der Waals surface area contributed by atoms with E-state index in [-0.39, 0.29) is 5.91 Å². The van der Waals surface area contributed by atoms with Crippen LogP contribution in [0.3, 0.4) is 0 Å². The van der Waals surface area contributed by atoms with Gasteiger partial charge in [-0.25, -0.2) is 9.97 Å². The van der Waals surface area contributed by atoms with Gasteiger partial charge in [0, 0.05) is 36.3 Å². The number of nitrogens with zero attached hydrogens (tertiary/aromatic N) is 3. The molecule has 1 aliphatic rings. The molecule has 4 rings (SSSR count). The van der Waals surface area contributed by atoms with E-state index in [2.05, 4.69) is 15.2 Å². The van der Waals surface area contributed by atoms with Crippen LogP contribution in [0.4, 0.5) is 5.82 Å². The lowest BCUT2D eigenvalue weighted by Gasteiger charge is -2.18. The molecule has 3 aromatic rings. The molecule has 0 saturated carbocycles. The zero-order valence-corrected chi connectivity index (χ0v) is 16.2. The smallest absolute Gasteiger partial charge is 0.270 e. The number of nitrogens with one attached hydrogen (secondary N) is 1. The van der Waals surface area contributed by atoms with Gasteiger partial charge in [0.25, 0.3) is 5.91 Å². The molecule has 2 aromatic carbocycles. The standard InChI is InChI=1S/C22H21ClN4O/c23-18-10-8-16(9-11-18)15-24-22(28)19-14-20(27-12-4-5-13-27)26-21(25-19)17-6-2-1-3-7-17/h1-3,6-11,14H,4-5,12-13,15H2,(H,24,28). The zero-order chi connectivity index (χ0) is 19.3. The lowest BCUT2D eigenvalue weighted by atomic mass is 10.2. The summed E-state index contributed by atoms with van der Waals surface area (Å²) in [6.45, 7) is 2.33. The molecule has 28 heavy (non-hydrogen) atoms. The number of rotatable bonds is 5. The van der Waals surface area contributed by atoms with Gasteiger partial charge in [-0.1, -0.05) is 54.1 Å². The molecule has 0 radical (unpaired) electrons. The van der Waals surface area contributed by atoms with Crippen molar-refractivity contribution >= 4 is 23.3 Å². The molecule has 142 valence electrons. The molecule has 1 N–H and O–H groups in total. The Labute approximate surface area is 169 Å². The number of anilines is 1. The minimum absolute atomic E-state index is 0.213. The lowest BCUT2D eigenvalue weighted by Crippen LogP contribution is -2.26. The van der Waals surface area contributed by atoms with Crippen LogP contribution >= 0.6 is 11.6 Å². The first-order valence-corrected chi connectivity index (χ1v) is 9.79. The molecule has 0 atom stereocenters. The van der Waals surface area contributed by atoms with Crippen LogP contribution in [0.1, 0.15) is 28.9 Å². The van der Waals surface area contributed by atoms with Crippen molar-refractivity contribution in [2.24, 2.45) is 0 Å². The van der Waals surface area contributed by atoms with Crippen molar-refractivity contribution in [3.63, 3.8) is 0 Å². The van der Waals surface area contributed by atoms with E-state index in [4.69, 9.17) is 16.6 Å². The predicted molar refractivity (Wildman–Crippen MR) is 112 cm³/mol. The molecular weight excluding hydrogens is 372 g/mol. The summed E-state index contributed by atoms with van der Waals surface area (Å²) in [5, 5.41) is 3.62. The summed E-state index contributed by atoms with van der Waals surface area (Å²) in [6, 6.07) is 19.0. The van der Waals surface area contributed by atoms with Crippen molar-refractivity contribution in [2.75, 3.05) is 18.0 Å². The van der Waals surface area contributed by atoms with Gasteiger partial charge in [0.15, 0.2) is 5.82 Å². The maximum atomic E-state index is 12.8. The Hall–Kier alpha value is -2.92. The van der Waals surface area contributed by atoms with Gasteiger partial charge in [0.1, 0.15) is 11.5 Å². The third kappa shape index (κ3) is 4.31. The number of halogens is 1. The summed E-state index contributed by atoms with van der Waals surface area (Å²) in [7, 11) is 0. The van der Waals surface area contributed by atoms with E-state index in [1.54, 1.807) is 6.07 Å². The van der Waals surface area contributed by atoms with Gasteiger partial charge < -0.3 is 10.2 Å². The van der Waals surface area contributed by atoms with Gasteiger partial charge in [0.05, 0.1) is 0 Å². The Morgan fingerprint density at radius 3 is 2.43 bits per heavy atom. The molecule has 0 spiro atoms. The highest BCUT2D eigenvalue weighted by atomic mass is 35.5. The summed E-state index contributed by atoms with van der Waals surface area (Å²) in [4.78, 5) is 24.2. The minimum atomic E-state index is -0.213. The number of aromatic nitrogens is 2. The largest absolute Gasteiger partial charge is 0.356 e. The van der Waals surface area contributed by atoms with Crippen LogP contribution in [0.2, 0.25) is 5.02 Å². The molecule has 1 aliphatic heterocycles. The molecule has 2 heterocycles. The minimum Gasteiger partial charge on any atom is -0.356 e. The predicted octanol–water partition coefficient (Wildman–Crippen LogP) is 4.33. The van der Waals surface area contributed by atoms with Crippen LogP contribution in [-0.2, 0) is 6.54 Å². The fraction of sp³-hybridized carbons (Fsp3) is 0.227. The molecule has 1 aromatic heterocycles. The van der Waals surface area contributed by atoms with Crippen LogP contribution in [0.5, 0.6) is 0 Å².